The molecule has 1 heterocycles. The molecule has 0 radical (unpaired) electrons. The van der Waals surface area contributed by atoms with Crippen LogP contribution in [0.3, 0.4) is 0 Å². The molecule has 2 aromatic carbocycles. The van der Waals surface area contributed by atoms with Gasteiger partial charge in [0.2, 0.25) is 5.91 Å². The number of hydrogen-bond acceptors (Lipinski definition) is 3. The Kier molecular flexibility index (Phi) is 3.99. The molecule has 0 bridgehead atoms. The van der Waals surface area contributed by atoms with E-state index >= 15 is 0 Å². The summed E-state index contributed by atoms with van der Waals surface area (Å²) in [6, 6.07) is 7.28. The van der Waals surface area contributed by atoms with Gasteiger partial charge < -0.3 is 15.1 Å². The predicted octanol–water partition coefficient (Wildman–Crippen LogP) is 4.11. The van der Waals surface area contributed by atoms with E-state index in [2.05, 4.69) is 0 Å². The summed E-state index contributed by atoms with van der Waals surface area (Å²) in [5, 5.41) is 21.1. The second-order valence-electron chi connectivity index (χ2n) is 6.66. The first-order valence-corrected chi connectivity index (χ1v) is 8.34. The summed E-state index contributed by atoms with van der Waals surface area (Å²) in [7, 11) is 0. The fourth-order valence-corrected chi connectivity index (χ4v) is 3.48. The first kappa shape index (κ1) is 16.4. The van der Waals surface area contributed by atoms with Gasteiger partial charge in [-0.05, 0) is 60.2 Å². The number of aryl methyl sites for hydroxylation is 1. The Morgan fingerprint density at radius 1 is 1.12 bits per heavy atom. The Hall–Kier alpha value is -2.49. The topological polar surface area (TPSA) is 60.8 Å². The van der Waals surface area contributed by atoms with E-state index in [-0.39, 0.29) is 23.3 Å². The van der Waals surface area contributed by atoms with Crippen molar-refractivity contribution >= 4 is 11.6 Å². The molecule has 0 atom stereocenters. The van der Waals surface area contributed by atoms with Crippen molar-refractivity contribution < 1.29 is 15.0 Å². The van der Waals surface area contributed by atoms with Crippen molar-refractivity contribution in [1.82, 2.24) is 0 Å². The zero-order valence-electron chi connectivity index (χ0n) is 14.6. The van der Waals surface area contributed by atoms with Crippen LogP contribution in [0.4, 0.5) is 5.69 Å². The van der Waals surface area contributed by atoms with Gasteiger partial charge in [-0.3, -0.25) is 4.79 Å². The lowest BCUT2D eigenvalue weighted by atomic mass is 9.90. The van der Waals surface area contributed by atoms with Crippen LogP contribution in [0.25, 0.3) is 11.1 Å². The number of amides is 1. The molecule has 24 heavy (non-hydrogen) atoms. The van der Waals surface area contributed by atoms with Crippen LogP contribution >= 0.6 is 0 Å². The molecule has 0 aromatic heterocycles. The van der Waals surface area contributed by atoms with Crippen molar-refractivity contribution in [2.75, 3.05) is 11.4 Å². The minimum Gasteiger partial charge on any atom is -0.507 e. The minimum absolute atomic E-state index is 0.0529. The van der Waals surface area contributed by atoms with Crippen molar-refractivity contribution in [2.24, 2.45) is 0 Å². The molecule has 126 valence electrons. The number of rotatable bonds is 3. The zero-order chi connectivity index (χ0) is 17.6. The van der Waals surface area contributed by atoms with Crippen LogP contribution in [0.1, 0.15) is 43.4 Å². The molecule has 0 unspecified atom stereocenters. The van der Waals surface area contributed by atoms with Crippen LogP contribution in [0.15, 0.2) is 24.3 Å². The van der Waals surface area contributed by atoms with Crippen LogP contribution < -0.4 is 4.90 Å². The molecule has 4 nitrogen and oxygen atoms in total. The smallest absolute Gasteiger partial charge is 0.231 e. The molecule has 1 aliphatic heterocycles. The highest BCUT2D eigenvalue weighted by atomic mass is 16.3. The molecule has 1 aliphatic rings. The summed E-state index contributed by atoms with van der Waals surface area (Å²) in [6.07, 6.45) is 0.297. The number of phenols is 2. The molecule has 0 saturated heterocycles. The molecule has 2 aromatic rings. The zero-order valence-corrected chi connectivity index (χ0v) is 14.6. The molecule has 0 fully saturated rings. The molecule has 0 saturated carbocycles. The highest BCUT2D eigenvalue weighted by molar-refractivity contribution is 6.05. The number of hydrogen-bond donors (Lipinski definition) is 2. The normalized spacial score (nSPS) is 13.7. The second-order valence-corrected chi connectivity index (χ2v) is 6.66. The molecular weight excluding hydrogens is 302 g/mol. The number of benzene rings is 2. The average molecular weight is 325 g/mol. The number of nitrogens with zero attached hydrogens (tertiary/aromatic N) is 1. The largest absolute Gasteiger partial charge is 0.507 e. The molecular formula is C20H23NO3. The number of aromatic hydroxyl groups is 2. The first-order chi connectivity index (χ1) is 11.3. The van der Waals surface area contributed by atoms with Gasteiger partial charge in [0.25, 0.3) is 0 Å². The maximum Gasteiger partial charge on any atom is 0.231 e. The lowest BCUT2D eigenvalue weighted by molar-refractivity contribution is -0.117. The van der Waals surface area contributed by atoms with Crippen molar-refractivity contribution in [1.29, 1.82) is 0 Å². The quantitative estimate of drug-likeness (QED) is 0.893. The van der Waals surface area contributed by atoms with Crippen molar-refractivity contribution in [3.05, 3.63) is 41.0 Å². The van der Waals surface area contributed by atoms with Gasteiger partial charge in [0, 0.05) is 12.2 Å². The van der Waals surface area contributed by atoms with E-state index in [1.165, 1.54) is 0 Å². The van der Waals surface area contributed by atoms with Crippen molar-refractivity contribution in [3.63, 3.8) is 0 Å². The summed E-state index contributed by atoms with van der Waals surface area (Å²) in [5.74, 6) is 0.364. The van der Waals surface area contributed by atoms with Gasteiger partial charge in [0.05, 0.1) is 12.0 Å². The fraction of sp³-hybridized carbons (Fsp3) is 0.350. The average Bonchev–Trinajstić information content (AvgIpc) is 2.83. The Bertz CT molecular complexity index is 801. The summed E-state index contributed by atoms with van der Waals surface area (Å²) in [4.78, 5) is 14.0. The van der Waals surface area contributed by atoms with Crippen LogP contribution in [0.5, 0.6) is 11.5 Å². The molecule has 3 rings (SSSR count). The van der Waals surface area contributed by atoms with E-state index in [1.54, 1.807) is 17.0 Å². The lowest BCUT2D eigenvalue weighted by Gasteiger charge is -2.19. The Balaban J connectivity index is 2.26. The minimum atomic E-state index is 0.0529. The number of carbonyl (C=O) groups is 1. The number of phenolic OH excluding ortho intramolecular Hbond substituents is 2. The van der Waals surface area contributed by atoms with Gasteiger partial charge in [-0.1, -0.05) is 19.9 Å². The van der Waals surface area contributed by atoms with Crippen molar-refractivity contribution in [2.45, 2.75) is 40.0 Å². The highest BCUT2D eigenvalue weighted by Crippen LogP contribution is 2.46. The van der Waals surface area contributed by atoms with Gasteiger partial charge in [-0.2, -0.15) is 0 Å². The third-order valence-electron chi connectivity index (χ3n) is 4.77. The van der Waals surface area contributed by atoms with Gasteiger partial charge >= 0.3 is 0 Å². The van der Waals surface area contributed by atoms with Crippen LogP contribution in [0, 0.1) is 6.92 Å². The fourth-order valence-electron chi connectivity index (χ4n) is 3.48. The standard InChI is InChI=1S/C20H23NO3/c1-5-21-15-7-6-12(4)19(14(15)10-18(21)24)20-16(22)8-13(11(2)3)9-17(20)23/h6-9,11,22-23H,5,10H2,1-4H3. The van der Waals surface area contributed by atoms with E-state index in [9.17, 15) is 15.0 Å². The maximum atomic E-state index is 12.3. The highest BCUT2D eigenvalue weighted by Gasteiger charge is 2.31. The first-order valence-electron chi connectivity index (χ1n) is 8.34. The second kappa shape index (κ2) is 5.86. The van der Waals surface area contributed by atoms with Crippen LogP contribution in [0.2, 0.25) is 0 Å². The van der Waals surface area contributed by atoms with E-state index in [1.807, 2.05) is 39.8 Å². The molecule has 4 heteroatoms. The van der Waals surface area contributed by atoms with E-state index < -0.39 is 0 Å². The Labute approximate surface area is 142 Å². The number of fused-ring (bicyclic) bond motifs is 1. The number of anilines is 1. The van der Waals surface area contributed by atoms with Gasteiger partial charge in [0.1, 0.15) is 11.5 Å². The van der Waals surface area contributed by atoms with E-state index in [0.29, 0.717) is 18.5 Å². The molecule has 0 aliphatic carbocycles. The summed E-state index contributed by atoms with van der Waals surface area (Å²) in [6.45, 7) is 8.51. The SMILES string of the molecule is CCN1C(=O)Cc2c1ccc(C)c2-c1c(O)cc(C(C)C)cc1O. The Morgan fingerprint density at radius 3 is 2.29 bits per heavy atom. The Morgan fingerprint density at radius 2 is 1.75 bits per heavy atom. The molecule has 2 N–H and O–H groups in total. The van der Waals surface area contributed by atoms with E-state index in [0.717, 1.165) is 27.9 Å². The van der Waals surface area contributed by atoms with Crippen LogP contribution in [-0.2, 0) is 11.2 Å². The van der Waals surface area contributed by atoms with Gasteiger partial charge in [0.15, 0.2) is 0 Å². The molecule has 1 amide bonds. The maximum absolute atomic E-state index is 12.3. The summed E-state index contributed by atoms with van der Waals surface area (Å²) >= 11 is 0. The summed E-state index contributed by atoms with van der Waals surface area (Å²) < 4.78 is 0. The van der Waals surface area contributed by atoms with Gasteiger partial charge in [-0.25, -0.2) is 0 Å². The third kappa shape index (κ3) is 2.42. The number of carbonyl (C=O) groups excluding carboxylic acids is 1. The summed E-state index contributed by atoms with van der Waals surface area (Å²) in [5.41, 5.74) is 4.74. The monoisotopic (exact) mass is 325 g/mol. The third-order valence-corrected chi connectivity index (χ3v) is 4.77. The van der Waals surface area contributed by atoms with Crippen LogP contribution in [-0.4, -0.2) is 22.7 Å². The number of likely N-dealkylation sites (N-methyl/N-ethyl adjacent to an activating group) is 1. The van der Waals surface area contributed by atoms with Crippen molar-refractivity contribution in [3.8, 4) is 22.6 Å². The predicted molar refractivity (Wildman–Crippen MR) is 95.8 cm³/mol. The van der Waals surface area contributed by atoms with Gasteiger partial charge in [-0.15, -0.1) is 0 Å². The van der Waals surface area contributed by atoms with E-state index in [4.69, 9.17) is 0 Å². The molecule has 0 spiro atoms. The lowest BCUT2D eigenvalue weighted by Crippen LogP contribution is -2.25.